The van der Waals surface area contributed by atoms with E-state index in [1.165, 1.54) is 54.6 Å². The van der Waals surface area contributed by atoms with E-state index in [4.69, 9.17) is 8.83 Å². The molecule has 0 N–H and O–H groups in total. The highest BCUT2D eigenvalue weighted by atomic mass is 16.3. The van der Waals surface area contributed by atoms with Crippen LogP contribution in [0.4, 0.5) is 0 Å². The highest BCUT2D eigenvalue weighted by Gasteiger charge is 2.22. The molecule has 0 bridgehead atoms. The van der Waals surface area contributed by atoms with Crippen LogP contribution < -0.4 is 0 Å². The largest absolute Gasteiger partial charge is 0.456 e. The molecule has 0 aliphatic heterocycles. The van der Waals surface area contributed by atoms with Crippen LogP contribution >= 0.6 is 0 Å². The molecule has 2 aromatic heterocycles. The van der Waals surface area contributed by atoms with Gasteiger partial charge in [0.05, 0.1) is 0 Å². The number of benzene rings is 9. The summed E-state index contributed by atoms with van der Waals surface area (Å²) in [4.78, 5) is 0. The quantitative estimate of drug-likeness (QED) is 0.180. The van der Waals surface area contributed by atoms with E-state index in [-0.39, 0.29) is 0 Å². The van der Waals surface area contributed by atoms with Crippen LogP contribution in [0.1, 0.15) is 0 Å². The molecular formula is C48H28O2. The Bertz CT molecular complexity index is 3080. The highest BCUT2D eigenvalue weighted by molar-refractivity contribution is 6.28. The van der Waals surface area contributed by atoms with E-state index in [1.54, 1.807) is 0 Å². The van der Waals surface area contributed by atoms with Gasteiger partial charge in [0.25, 0.3) is 0 Å². The van der Waals surface area contributed by atoms with Crippen LogP contribution in [0.15, 0.2) is 179 Å². The molecule has 2 nitrogen and oxygen atoms in total. The van der Waals surface area contributed by atoms with E-state index in [0.29, 0.717) is 0 Å². The first kappa shape index (κ1) is 27.3. The molecule has 9 aromatic carbocycles. The van der Waals surface area contributed by atoms with Gasteiger partial charge in [0, 0.05) is 27.1 Å². The van der Waals surface area contributed by atoms with E-state index in [2.05, 4.69) is 152 Å². The highest BCUT2D eigenvalue weighted by Crippen LogP contribution is 2.47. The fourth-order valence-electron chi connectivity index (χ4n) is 8.31. The maximum Gasteiger partial charge on any atom is 0.144 e. The lowest BCUT2D eigenvalue weighted by Gasteiger charge is -2.19. The zero-order valence-electron chi connectivity index (χ0n) is 27.0. The van der Waals surface area contributed by atoms with Gasteiger partial charge in [-0.3, -0.25) is 0 Å². The summed E-state index contributed by atoms with van der Waals surface area (Å²) in [5, 5.41) is 11.9. The molecule has 0 aliphatic rings. The van der Waals surface area contributed by atoms with Crippen LogP contribution in [0.2, 0.25) is 0 Å². The van der Waals surface area contributed by atoms with Crippen molar-refractivity contribution >= 4 is 76.2 Å². The summed E-state index contributed by atoms with van der Waals surface area (Å²) in [5.74, 6) is 0. The number of hydrogen-bond acceptors (Lipinski definition) is 2. The van der Waals surface area contributed by atoms with Crippen LogP contribution in [0.25, 0.3) is 110 Å². The molecule has 11 aromatic rings. The monoisotopic (exact) mass is 636 g/mol. The van der Waals surface area contributed by atoms with Crippen molar-refractivity contribution in [2.75, 3.05) is 0 Å². The van der Waals surface area contributed by atoms with Crippen LogP contribution in [-0.2, 0) is 0 Å². The van der Waals surface area contributed by atoms with E-state index in [0.717, 1.165) is 55.0 Å². The van der Waals surface area contributed by atoms with E-state index in [1.807, 2.05) is 18.2 Å². The summed E-state index contributed by atoms with van der Waals surface area (Å²) in [6, 6.07) is 60.8. The van der Waals surface area contributed by atoms with Gasteiger partial charge in [-0.1, -0.05) is 152 Å². The van der Waals surface area contributed by atoms with Gasteiger partial charge in [-0.05, 0) is 78.3 Å². The third-order valence-corrected chi connectivity index (χ3v) is 10.5. The van der Waals surface area contributed by atoms with Gasteiger partial charge in [0.2, 0.25) is 0 Å². The normalized spacial score (nSPS) is 12.0. The fraction of sp³-hybridized carbons (Fsp3) is 0. The van der Waals surface area contributed by atoms with Gasteiger partial charge < -0.3 is 8.83 Å². The Morgan fingerprint density at radius 2 is 0.800 bits per heavy atom. The first-order valence-corrected chi connectivity index (χ1v) is 17.1. The average Bonchev–Trinajstić information content (AvgIpc) is 3.75. The van der Waals surface area contributed by atoms with Gasteiger partial charge in [0.1, 0.15) is 22.3 Å². The summed E-state index contributed by atoms with van der Waals surface area (Å²) in [7, 11) is 0. The molecular weight excluding hydrogens is 609 g/mol. The summed E-state index contributed by atoms with van der Waals surface area (Å²) in [6.45, 7) is 0. The molecule has 0 amide bonds. The average molecular weight is 637 g/mol. The Hall–Kier alpha value is -6.64. The first-order valence-electron chi connectivity index (χ1n) is 17.1. The van der Waals surface area contributed by atoms with Crippen molar-refractivity contribution in [2.24, 2.45) is 0 Å². The number of hydrogen-bond donors (Lipinski definition) is 0. The van der Waals surface area contributed by atoms with Crippen molar-refractivity contribution in [1.29, 1.82) is 0 Å². The lowest BCUT2D eigenvalue weighted by molar-refractivity contribution is 0.664. The predicted molar refractivity (Wildman–Crippen MR) is 210 cm³/mol. The molecule has 2 heterocycles. The van der Waals surface area contributed by atoms with Crippen molar-refractivity contribution in [3.8, 4) is 33.4 Å². The molecule has 0 radical (unpaired) electrons. The minimum Gasteiger partial charge on any atom is -0.456 e. The summed E-state index contributed by atoms with van der Waals surface area (Å²) >= 11 is 0. The molecule has 0 unspecified atom stereocenters. The molecule has 0 atom stereocenters. The maximum absolute atomic E-state index is 6.64. The fourth-order valence-corrected chi connectivity index (χ4v) is 8.31. The summed E-state index contributed by atoms with van der Waals surface area (Å²) in [5.41, 5.74) is 10.6. The Balaban J connectivity index is 1.15. The van der Waals surface area contributed by atoms with Gasteiger partial charge in [-0.2, -0.15) is 0 Å². The van der Waals surface area contributed by atoms with E-state index in [9.17, 15) is 0 Å². The van der Waals surface area contributed by atoms with E-state index < -0.39 is 0 Å². The second-order valence-corrected chi connectivity index (χ2v) is 13.1. The van der Waals surface area contributed by atoms with Crippen LogP contribution in [-0.4, -0.2) is 0 Å². The Morgan fingerprint density at radius 1 is 0.300 bits per heavy atom. The Morgan fingerprint density at radius 3 is 1.48 bits per heavy atom. The SMILES string of the molecule is c1ccc2c(-c3c4ccccc4c(-c4ccc(-c5cc6oc7ccccc7c6c6c5oc5ccccc56)cc4)c4ccccc34)cccc2c1. The standard InChI is InChI=1S/C48H28O2/c1-2-14-32-29(12-1)13-11-21-33(32)45-36-17-5-3-15-34(36)44(35-16-4-6-18-37(35)45)31-26-24-30(25-27-31)40-28-43-46(38-19-7-9-22-41(38)49-43)47-39-20-8-10-23-42(39)50-48(40)47/h1-28H. The number of rotatable bonds is 3. The van der Waals surface area contributed by atoms with Crippen molar-refractivity contribution in [1.82, 2.24) is 0 Å². The summed E-state index contributed by atoms with van der Waals surface area (Å²) < 4.78 is 13.1. The predicted octanol–water partition coefficient (Wildman–Crippen LogP) is 13.9. The third-order valence-electron chi connectivity index (χ3n) is 10.5. The molecule has 232 valence electrons. The number of fused-ring (bicyclic) bond motifs is 10. The minimum absolute atomic E-state index is 0.866. The molecule has 11 rings (SSSR count). The second-order valence-electron chi connectivity index (χ2n) is 13.1. The van der Waals surface area contributed by atoms with Crippen LogP contribution in [0, 0.1) is 0 Å². The van der Waals surface area contributed by atoms with Gasteiger partial charge in [-0.15, -0.1) is 0 Å². The number of para-hydroxylation sites is 2. The topological polar surface area (TPSA) is 26.3 Å². The lowest BCUT2D eigenvalue weighted by Crippen LogP contribution is -1.91. The van der Waals surface area contributed by atoms with Crippen molar-refractivity contribution in [3.05, 3.63) is 170 Å². The Labute approximate surface area is 287 Å². The lowest BCUT2D eigenvalue weighted by atomic mass is 9.84. The maximum atomic E-state index is 6.64. The van der Waals surface area contributed by atoms with E-state index >= 15 is 0 Å². The zero-order valence-corrected chi connectivity index (χ0v) is 27.0. The molecule has 0 spiro atoms. The summed E-state index contributed by atoms with van der Waals surface area (Å²) in [6.07, 6.45) is 0. The van der Waals surface area contributed by atoms with Crippen molar-refractivity contribution in [2.45, 2.75) is 0 Å². The molecule has 0 saturated heterocycles. The van der Waals surface area contributed by atoms with Crippen LogP contribution in [0.3, 0.4) is 0 Å². The molecule has 0 fully saturated rings. The van der Waals surface area contributed by atoms with Gasteiger partial charge in [-0.25, -0.2) is 0 Å². The molecule has 0 aliphatic carbocycles. The van der Waals surface area contributed by atoms with Gasteiger partial charge >= 0.3 is 0 Å². The Kier molecular flexibility index (Phi) is 5.70. The first-order chi connectivity index (χ1) is 24.8. The molecule has 50 heavy (non-hydrogen) atoms. The number of furan rings is 2. The van der Waals surface area contributed by atoms with Crippen molar-refractivity contribution in [3.63, 3.8) is 0 Å². The third kappa shape index (κ3) is 3.85. The molecule has 2 heteroatoms. The molecule has 0 saturated carbocycles. The van der Waals surface area contributed by atoms with Crippen LogP contribution in [0.5, 0.6) is 0 Å². The second kappa shape index (κ2) is 10.4. The minimum atomic E-state index is 0.866. The smallest absolute Gasteiger partial charge is 0.144 e. The van der Waals surface area contributed by atoms with Gasteiger partial charge in [0.15, 0.2) is 0 Å². The van der Waals surface area contributed by atoms with Crippen molar-refractivity contribution < 1.29 is 8.83 Å². The zero-order chi connectivity index (χ0) is 32.8.